The molecule has 2 nitrogen and oxygen atoms in total. The minimum absolute atomic E-state index is 0.0521. The summed E-state index contributed by atoms with van der Waals surface area (Å²) in [4.78, 5) is 10.3. The fourth-order valence-electron chi connectivity index (χ4n) is 2.34. The van der Waals surface area contributed by atoms with E-state index in [1.54, 1.807) is 0 Å². The van der Waals surface area contributed by atoms with Crippen LogP contribution >= 0.6 is 11.6 Å². The Labute approximate surface area is 64.9 Å². The van der Waals surface area contributed by atoms with Gasteiger partial charge >= 0.3 is 0 Å². The van der Waals surface area contributed by atoms with E-state index in [9.17, 15) is 4.91 Å². The quantitative estimate of drug-likeness (QED) is 0.426. The smallest absolute Gasteiger partial charge is 0.111 e. The van der Waals surface area contributed by atoms with Crippen LogP contribution in [0.5, 0.6) is 0 Å². The second-order valence-electron chi connectivity index (χ2n) is 3.37. The number of hydrogen-bond donors (Lipinski definition) is 0. The van der Waals surface area contributed by atoms with Crippen molar-refractivity contribution in [1.82, 2.24) is 0 Å². The van der Waals surface area contributed by atoms with Gasteiger partial charge in [-0.25, -0.2) is 0 Å². The van der Waals surface area contributed by atoms with Gasteiger partial charge < -0.3 is 0 Å². The first-order chi connectivity index (χ1) is 4.83. The lowest BCUT2D eigenvalue weighted by Gasteiger charge is -2.19. The normalized spacial score (nSPS) is 51.7. The van der Waals surface area contributed by atoms with E-state index in [0.29, 0.717) is 11.8 Å². The highest BCUT2D eigenvalue weighted by Gasteiger charge is 2.47. The van der Waals surface area contributed by atoms with E-state index < -0.39 is 0 Å². The largest absolute Gasteiger partial charge is 0.150 e. The molecule has 2 fully saturated rings. The molecular formula is C7H10ClNO. The van der Waals surface area contributed by atoms with Crippen molar-refractivity contribution in [2.45, 2.75) is 30.7 Å². The molecule has 2 aliphatic rings. The predicted molar refractivity (Wildman–Crippen MR) is 40.1 cm³/mol. The van der Waals surface area contributed by atoms with Crippen LogP contribution in [0.15, 0.2) is 5.18 Å². The third kappa shape index (κ3) is 0.715. The Morgan fingerprint density at radius 1 is 1.30 bits per heavy atom. The molecule has 0 amide bonds. The number of halogens is 1. The molecule has 0 aliphatic heterocycles. The van der Waals surface area contributed by atoms with E-state index >= 15 is 0 Å². The lowest BCUT2D eigenvalue weighted by molar-refractivity contribution is 0.424. The number of nitrogens with zero attached hydrogens (tertiary/aromatic N) is 1. The van der Waals surface area contributed by atoms with Crippen LogP contribution in [0.4, 0.5) is 0 Å². The van der Waals surface area contributed by atoms with Gasteiger partial charge in [0.15, 0.2) is 0 Å². The Morgan fingerprint density at radius 2 is 2.00 bits per heavy atom. The Kier molecular flexibility index (Phi) is 1.44. The second kappa shape index (κ2) is 2.19. The van der Waals surface area contributed by atoms with E-state index in [-0.39, 0.29) is 11.4 Å². The first kappa shape index (κ1) is 6.59. The minimum Gasteiger partial charge on any atom is -0.150 e. The van der Waals surface area contributed by atoms with Crippen LogP contribution in [0.25, 0.3) is 0 Å². The van der Waals surface area contributed by atoms with Crippen molar-refractivity contribution in [2.75, 3.05) is 0 Å². The second-order valence-corrected chi connectivity index (χ2v) is 3.88. The molecule has 3 heteroatoms. The van der Waals surface area contributed by atoms with Crippen LogP contribution in [-0.4, -0.2) is 11.4 Å². The Morgan fingerprint density at radius 3 is 2.40 bits per heavy atom. The van der Waals surface area contributed by atoms with Crippen LogP contribution < -0.4 is 0 Å². The topological polar surface area (TPSA) is 29.4 Å². The predicted octanol–water partition coefficient (Wildman–Crippen LogP) is 2.16. The van der Waals surface area contributed by atoms with Crippen LogP contribution in [-0.2, 0) is 0 Å². The Balaban J connectivity index is 2.16. The van der Waals surface area contributed by atoms with E-state index in [0.717, 1.165) is 6.42 Å². The standard InChI is InChI=1S/C7H10ClNO/c8-6-4-1-2-5(3-4)7(6)9-10/h4-7H,1-3H2/t4-,5-,6-,7+/m1/s1. The number of nitroso groups, excluding NO2 is 1. The van der Waals surface area contributed by atoms with E-state index in [4.69, 9.17) is 11.6 Å². The zero-order valence-corrected chi connectivity index (χ0v) is 6.42. The molecule has 0 aromatic carbocycles. The minimum atomic E-state index is -0.0691. The summed E-state index contributed by atoms with van der Waals surface area (Å²) in [7, 11) is 0. The molecule has 56 valence electrons. The Hall–Kier alpha value is -0.110. The molecule has 10 heavy (non-hydrogen) atoms. The van der Waals surface area contributed by atoms with Crippen LogP contribution in [0.3, 0.4) is 0 Å². The molecule has 0 spiro atoms. The van der Waals surface area contributed by atoms with Crippen molar-refractivity contribution in [3.05, 3.63) is 4.91 Å². The highest BCUT2D eigenvalue weighted by Crippen LogP contribution is 2.48. The maximum absolute atomic E-state index is 10.3. The lowest BCUT2D eigenvalue weighted by Crippen LogP contribution is -2.25. The Bertz CT molecular complexity index is 160. The molecule has 4 atom stereocenters. The summed E-state index contributed by atoms with van der Waals surface area (Å²) >= 11 is 5.98. The van der Waals surface area contributed by atoms with Crippen molar-refractivity contribution in [2.24, 2.45) is 17.0 Å². The van der Waals surface area contributed by atoms with Gasteiger partial charge in [0.2, 0.25) is 0 Å². The van der Waals surface area contributed by atoms with Gasteiger partial charge in [-0.1, -0.05) is 5.18 Å². The molecule has 2 saturated carbocycles. The van der Waals surface area contributed by atoms with Crippen molar-refractivity contribution in [3.8, 4) is 0 Å². The summed E-state index contributed by atoms with van der Waals surface area (Å²) in [6.45, 7) is 0. The highest BCUT2D eigenvalue weighted by atomic mass is 35.5. The average molecular weight is 160 g/mol. The third-order valence-electron chi connectivity index (χ3n) is 2.90. The first-order valence-electron chi connectivity index (χ1n) is 3.79. The fourth-order valence-corrected chi connectivity index (χ4v) is 2.82. The zero-order valence-electron chi connectivity index (χ0n) is 5.66. The first-order valence-corrected chi connectivity index (χ1v) is 4.23. The van der Waals surface area contributed by atoms with E-state index in [2.05, 4.69) is 5.18 Å². The molecule has 0 saturated heterocycles. The summed E-state index contributed by atoms with van der Waals surface area (Å²) in [6, 6.07) is -0.0691. The van der Waals surface area contributed by atoms with Gasteiger partial charge in [0, 0.05) is 0 Å². The monoisotopic (exact) mass is 159 g/mol. The number of alkyl halides is 1. The maximum Gasteiger partial charge on any atom is 0.111 e. The summed E-state index contributed by atoms with van der Waals surface area (Å²) in [5, 5.41) is 3.12. The summed E-state index contributed by atoms with van der Waals surface area (Å²) in [5.41, 5.74) is 0. The van der Waals surface area contributed by atoms with Gasteiger partial charge in [-0.15, -0.1) is 11.6 Å². The van der Waals surface area contributed by atoms with Gasteiger partial charge in [0.25, 0.3) is 0 Å². The molecule has 0 aromatic heterocycles. The molecule has 0 radical (unpaired) electrons. The van der Waals surface area contributed by atoms with E-state index in [1.807, 2.05) is 0 Å². The molecule has 0 unspecified atom stereocenters. The third-order valence-corrected chi connectivity index (χ3v) is 3.51. The van der Waals surface area contributed by atoms with Crippen molar-refractivity contribution in [1.29, 1.82) is 0 Å². The van der Waals surface area contributed by atoms with Gasteiger partial charge in [0.1, 0.15) is 6.04 Å². The van der Waals surface area contributed by atoms with E-state index in [1.165, 1.54) is 12.8 Å². The molecule has 0 aromatic rings. The summed E-state index contributed by atoms with van der Waals surface area (Å²) < 4.78 is 0. The van der Waals surface area contributed by atoms with Crippen molar-refractivity contribution >= 4 is 11.6 Å². The molecule has 2 aliphatic carbocycles. The van der Waals surface area contributed by atoms with Gasteiger partial charge in [-0.3, -0.25) is 0 Å². The molecular weight excluding hydrogens is 150 g/mol. The van der Waals surface area contributed by atoms with Gasteiger partial charge in [-0.2, -0.15) is 4.91 Å². The zero-order chi connectivity index (χ0) is 7.14. The van der Waals surface area contributed by atoms with Crippen LogP contribution in [0.1, 0.15) is 19.3 Å². The van der Waals surface area contributed by atoms with Crippen LogP contribution in [0.2, 0.25) is 0 Å². The average Bonchev–Trinajstić information content (AvgIpc) is 2.46. The van der Waals surface area contributed by atoms with Crippen LogP contribution in [0, 0.1) is 16.7 Å². The summed E-state index contributed by atoms with van der Waals surface area (Å²) in [6.07, 6.45) is 3.53. The maximum atomic E-state index is 10.3. The molecule has 2 rings (SSSR count). The van der Waals surface area contributed by atoms with Gasteiger partial charge in [-0.05, 0) is 31.1 Å². The fraction of sp³-hybridized carbons (Fsp3) is 1.00. The van der Waals surface area contributed by atoms with Crippen molar-refractivity contribution in [3.63, 3.8) is 0 Å². The number of fused-ring (bicyclic) bond motifs is 2. The molecule has 0 N–H and O–H groups in total. The highest BCUT2D eigenvalue weighted by molar-refractivity contribution is 6.21. The summed E-state index contributed by atoms with van der Waals surface area (Å²) in [5.74, 6) is 1.11. The number of rotatable bonds is 1. The van der Waals surface area contributed by atoms with Crippen molar-refractivity contribution < 1.29 is 0 Å². The lowest BCUT2D eigenvalue weighted by atomic mass is 9.96. The molecule has 2 bridgehead atoms. The molecule has 0 heterocycles. The number of hydrogen-bond acceptors (Lipinski definition) is 2. The van der Waals surface area contributed by atoms with Gasteiger partial charge in [0.05, 0.1) is 5.38 Å². The SMILES string of the molecule is O=N[C@H]1[C@@H]2CC[C@H](C2)[C@H]1Cl.